The summed E-state index contributed by atoms with van der Waals surface area (Å²) in [6, 6.07) is 9.81. The van der Waals surface area contributed by atoms with E-state index in [9.17, 15) is 28.4 Å². The van der Waals surface area contributed by atoms with Crippen molar-refractivity contribution in [2.24, 2.45) is 0 Å². The quantitative estimate of drug-likeness (QED) is 0.459. The van der Waals surface area contributed by atoms with E-state index in [0.717, 1.165) is 22.3 Å². The molecule has 0 saturated heterocycles. The molecule has 0 aliphatic rings. The summed E-state index contributed by atoms with van der Waals surface area (Å²) in [5, 5.41) is 18.4. The number of hydrogen-bond donors (Lipinski definition) is 2. The molecule has 2 N–H and O–H groups in total. The number of carbonyl (C=O) groups excluding carboxylic acids is 1. The molecular formula is C20H17BF2N2O4. The number of carbonyl (C=O) groups is 1. The molecule has 0 radical (unpaired) electrons. The second-order valence-electron chi connectivity index (χ2n) is 6.53. The third-order valence-corrected chi connectivity index (χ3v) is 4.43. The van der Waals surface area contributed by atoms with Crippen LogP contribution in [-0.2, 0) is 13.0 Å². The van der Waals surface area contributed by atoms with Crippen molar-refractivity contribution in [1.82, 2.24) is 9.55 Å². The first-order valence-electron chi connectivity index (χ1n) is 8.81. The average molecular weight is 398 g/mol. The molecule has 1 aromatic heterocycles. The molecule has 6 nitrogen and oxygen atoms in total. The minimum absolute atomic E-state index is 0.0249. The van der Waals surface area contributed by atoms with Crippen LogP contribution in [0.2, 0.25) is 0 Å². The molecule has 1 heterocycles. The van der Waals surface area contributed by atoms with Crippen molar-refractivity contribution >= 4 is 18.4 Å². The predicted molar refractivity (Wildman–Crippen MR) is 103 cm³/mol. The Morgan fingerprint density at radius 2 is 1.86 bits per heavy atom. The van der Waals surface area contributed by atoms with Crippen molar-refractivity contribution in [2.75, 3.05) is 0 Å². The third kappa shape index (κ3) is 5.01. The summed E-state index contributed by atoms with van der Waals surface area (Å²) < 4.78 is 27.6. The molecule has 2 aromatic carbocycles. The fraction of sp³-hybridized carbons (Fsp3) is 0.150. The Hall–Kier alpha value is -3.17. The monoisotopic (exact) mass is 398 g/mol. The van der Waals surface area contributed by atoms with E-state index in [4.69, 9.17) is 0 Å². The third-order valence-electron chi connectivity index (χ3n) is 4.43. The lowest BCUT2D eigenvalue weighted by Gasteiger charge is -2.08. The van der Waals surface area contributed by atoms with Gasteiger partial charge in [-0.3, -0.25) is 14.2 Å². The maximum atomic E-state index is 13.4. The van der Waals surface area contributed by atoms with E-state index < -0.39 is 30.1 Å². The molecule has 0 aliphatic carbocycles. The zero-order valence-corrected chi connectivity index (χ0v) is 15.3. The van der Waals surface area contributed by atoms with Crippen LogP contribution < -0.4 is 11.0 Å². The summed E-state index contributed by atoms with van der Waals surface area (Å²) in [4.78, 5) is 29.0. The van der Waals surface area contributed by atoms with Gasteiger partial charge < -0.3 is 10.0 Å². The van der Waals surface area contributed by atoms with Crippen LogP contribution >= 0.6 is 0 Å². The molecule has 3 rings (SSSR count). The maximum Gasteiger partial charge on any atom is 0.488 e. The molecule has 0 fully saturated rings. The van der Waals surface area contributed by atoms with Crippen LogP contribution in [0.4, 0.5) is 8.78 Å². The Morgan fingerprint density at radius 1 is 1.07 bits per heavy atom. The highest BCUT2D eigenvalue weighted by Gasteiger charge is 2.15. The zero-order chi connectivity index (χ0) is 21.0. The number of nitrogens with zero attached hydrogens (tertiary/aromatic N) is 2. The molecule has 9 heteroatoms. The van der Waals surface area contributed by atoms with Crippen LogP contribution in [0.1, 0.15) is 27.9 Å². The predicted octanol–water partition coefficient (Wildman–Crippen LogP) is 1.07. The van der Waals surface area contributed by atoms with Crippen LogP contribution in [0.5, 0.6) is 0 Å². The normalized spacial score (nSPS) is 10.8. The highest BCUT2D eigenvalue weighted by Crippen LogP contribution is 2.10. The topological polar surface area (TPSA) is 92.4 Å². The molecule has 0 spiro atoms. The fourth-order valence-corrected chi connectivity index (χ4v) is 2.89. The van der Waals surface area contributed by atoms with Gasteiger partial charge in [0.05, 0.1) is 12.9 Å². The molecule has 0 saturated carbocycles. The van der Waals surface area contributed by atoms with Crippen molar-refractivity contribution in [3.05, 3.63) is 93.7 Å². The van der Waals surface area contributed by atoms with Gasteiger partial charge in [-0.25, -0.2) is 13.8 Å². The Bertz CT molecular complexity index is 1100. The van der Waals surface area contributed by atoms with Gasteiger partial charge in [0, 0.05) is 12.6 Å². The standard InChI is InChI=1S/C20H17BF2N2O4/c22-17-6-4-14(9-18(17)23)11-25-12-24-10-16(20(25)27)19(26)7-5-13-2-1-3-15(8-13)21(28)29/h1-4,6,8-10,12,28-29H,5,7,11H2. The highest BCUT2D eigenvalue weighted by molar-refractivity contribution is 6.58. The molecule has 0 amide bonds. The Morgan fingerprint density at radius 3 is 2.59 bits per heavy atom. The number of benzene rings is 2. The molecule has 0 atom stereocenters. The summed E-state index contributed by atoms with van der Waals surface area (Å²) in [5.74, 6) is -2.43. The average Bonchev–Trinajstić information content (AvgIpc) is 2.70. The molecule has 3 aromatic rings. The first-order chi connectivity index (χ1) is 13.8. The van der Waals surface area contributed by atoms with Crippen molar-refractivity contribution in [2.45, 2.75) is 19.4 Å². The molecule has 148 valence electrons. The second kappa shape index (κ2) is 8.89. The summed E-state index contributed by atoms with van der Waals surface area (Å²) in [6.07, 6.45) is 2.74. The summed E-state index contributed by atoms with van der Waals surface area (Å²) in [5.41, 5.74) is 0.708. The fourth-order valence-electron chi connectivity index (χ4n) is 2.89. The van der Waals surface area contributed by atoms with Gasteiger partial charge in [0.2, 0.25) is 0 Å². The van der Waals surface area contributed by atoms with Crippen LogP contribution in [0, 0.1) is 11.6 Å². The van der Waals surface area contributed by atoms with E-state index in [1.54, 1.807) is 24.3 Å². The van der Waals surface area contributed by atoms with Crippen molar-refractivity contribution in [3.63, 3.8) is 0 Å². The number of hydrogen-bond acceptors (Lipinski definition) is 5. The molecule has 0 bridgehead atoms. The van der Waals surface area contributed by atoms with Crippen LogP contribution in [0.15, 0.2) is 59.8 Å². The number of rotatable bonds is 7. The van der Waals surface area contributed by atoms with E-state index >= 15 is 0 Å². The number of Topliss-reactive ketones (excluding diaryl/α,β-unsaturated/α-hetero) is 1. The number of aromatic nitrogens is 2. The lowest BCUT2D eigenvalue weighted by atomic mass is 9.79. The van der Waals surface area contributed by atoms with E-state index in [0.29, 0.717) is 17.4 Å². The smallest absolute Gasteiger partial charge is 0.423 e. The summed E-state index contributed by atoms with van der Waals surface area (Å²) in [6.45, 7) is -0.0550. The SMILES string of the molecule is O=C(CCc1cccc(B(O)O)c1)c1cncn(Cc2ccc(F)c(F)c2)c1=O. The number of aryl methyl sites for hydroxylation is 1. The lowest BCUT2D eigenvalue weighted by molar-refractivity contribution is 0.0980. The van der Waals surface area contributed by atoms with Gasteiger partial charge in [-0.05, 0) is 35.1 Å². The maximum absolute atomic E-state index is 13.4. The van der Waals surface area contributed by atoms with E-state index in [1.807, 2.05) is 0 Å². The van der Waals surface area contributed by atoms with E-state index in [1.165, 1.54) is 18.6 Å². The van der Waals surface area contributed by atoms with Crippen molar-refractivity contribution in [1.29, 1.82) is 0 Å². The first-order valence-corrected chi connectivity index (χ1v) is 8.81. The van der Waals surface area contributed by atoms with Gasteiger partial charge in [0.15, 0.2) is 17.4 Å². The molecule has 0 aliphatic heterocycles. The first kappa shape index (κ1) is 20.6. The summed E-state index contributed by atoms with van der Waals surface area (Å²) in [7, 11) is -1.60. The Kier molecular flexibility index (Phi) is 6.31. The highest BCUT2D eigenvalue weighted by atomic mass is 19.2. The Balaban J connectivity index is 1.74. The van der Waals surface area contributed by atoms with Crippen LogP contribution in [0.25, 0.3) is 0 Å². The minimum Gasteiger partial charge on any atom is -0.423 e. The minimum atomic E-state index is -1.60. The lowest BCUT2D eigenvalue weighted by Crippen LogP contribution is -2.30. The molecular weight excluding hydrogens is 381 g/mol. The zero-order valence-electron chi connectivity index (χ0n) is 15.3. The van der Waals surface area contributed by atoms with Gasteiger partial charge in [0.1, 0.15) is 5.56 Å². The van der Waals surface area contributed by atoms with E-state index in [-0.39, 0.29) is 18.5 Å². The largest absolute Gasteiger partial charge is 0.488 e. The summed E-state index contributed by atoms with van der Waals surface area (Å²) >= 11 is 0. The van der Waals surface area contributed by atoms with Crippen LogP contribution in [0.3, 0.4) is 0 Å². The second-order valence-corrected chi connectivity index (χ2v) is 6.53. The molecule has 0 unspecified atom stereocenters. The van der Waals surface area contributed by atoms with Gasteiger partial charge >= 0.3 is 7.12 Å². The van der Waals surface area contributed by atoms with Gasteiger partial charge in [-0.2, -0.15) is 0 Å². The molecule has 29 heavy (non-hydrogen) atoms. The van der Waals surface area contributed by atoms with E-state index in [2.05, 4.69) is 4.98 Å². The van der Waals surface area contributed by atoms with Crippen molar-refractivity contribution in [3.8, 4) is 0 Å². The van der Waals surface area contributed by atoms with Gasteiger partial charge in [0.25, 0.3) is 5.56 Å². The van der Waals surface area contributed by atoms with Gasteiger partial charge in [-0.15, -0.1) is 0 Å². The van der Waals surface area contributed by atoms with Gasteiger partial charge in [-0.1, -0.05) is 30.3 Å². The van der Waals surface area contributed by atoms with Crippen molar-refractivity contribution < 1.29 is 23.6 Å². The number of halogens is 2. The number of ketones is 1. The Labute approximate surface area is 165 Å². The van der Waals surface area contributed by atoms with Crippen LogP contribution in [-0.4, -0.2) is 32.5 Å².